The molecule has 8 heterocycles. The molecule has 2 amide bonds. The number of nitrogens with two attached hydrogens (primary N) is 2. The second-order valence-electron chi connectivity index (χ2n) is 23.7. The largest absolute Gasteiger partial charge is 1.00 e. The number of benzene rings is 4. The molecule has 1 saturated heterocycles. The van der Waals surface area contributed by atoms with E-state index in [0.717, 1.165) is 45.4 Å². The molecule has 7 aromatic heterocycles. The number of alkyl halides is 1. The van der Waals surface area contributed by atoms with Crippen LogP contribution in [0.4, 0.5) is 20.4 Å². The number of thiol groups is 1. The number of H-pyrrole nitrogens is 1. The summed E-state index contributed by atoms with van der Waals surface area (Å²) in [6.07, 6.45) is 16.0. The Balaban J connectivity index is -0.000000786. The van der Waals surface area contributed by atoms with E-state index in [1.165, 1.54) is 90.5 Å². The predicted octanol–water partition coefficient (Wildman–Crippen LogP) is 13.8. The molecule has 1 fully saturated rings. The molecule has 0 aliphatic carbocycles. The number of rotatable bonds is 15. The van der Waals surface area contributed by atoms with E-state index < -0.39 is 104 Å². The number of anilines is 2. The van der Waals surface area contributed by atoms with Gasteiger partial charge in [-0.15, -0.1) is 0 Å². The van der Waals surface area contributed by atoms with Crippen molar-refractivity contribution in [2.24, 2.45) is 32.2 Å². The maximum absolute atomic E-state index is 15.1. The Hall–Kier alpha value is -7.99. The average Bonchev–Trinajstić information content (AvgIpc) is 1.64. The molecular formula is C80H115B2BrCl2F2ILiN17O10S2. The summed E-state index contributed by atoms with van der Waals surface area (Å²) in [5.74, 6) is -2.59. The summed E-state index contributed by atoms with van der Waals surface area (Å²) < 4.78 is 181. The van der Waals surface area contributed by atoms with Gasteiger partial charge in [0, 0.05) is 147 Å². The monoisotopic (exact) mass is 1900 g/mol. The molecule has 641 valence electrons. The second-order valence-corrected chi connectivity index (χ2v) is 27.2. The number of carbonyl (C=O) groups excluding carboxylic acids is 2. The van der Waals surface area contributed by atoms with Crippen molar-refractivity contribution < 1.29 is 94.1 Å². The zero-order chi connectivity index (χ0) is 96.6. The van der Waals surface area contributed by atoms with Gasteiger partial charge in [-0.2, -0.15) is 40.3 Å². The van der Waals surface area contributed by atoms with Gasteiger partial charge in [0.25, 0.3) is 11.8 Å². The molecule has 0 bridgehead atoms. The van der Waals surface area contributed by atoms with Gasteiger partial charge in [-0.1, -0.05) is 133 Å². The number of carbonyl (C=O) groups is 2. The smallest absolute Gasteiger partial charge is 0.343 e. The molecule has 38 heteroatoms. The molecule has 0 saturated carbocycles. The summed E-state index contributed by atoms with van der Waals surface area (Å²) in [6, 6.07) is 28.5. The molecule has 9 N–H and O–H groups in total. The van der Waals surface area contributed by atoms with E-state index >= 15 is 8.78 Å². The van der Waals surface area contributed by atoms with Crippen LogP contribution in [0.15, 0.2) is 180 Å². The van der Waals surface area contributed by atoms with Crippen molar-refractivity contribution in [3.8, 4) is 33.4 Å². The molecule has 27 nitrogen and oxygen atoms in total. The molecule has 118 heavy (non-hydrogen) atoms. The minimum atomic E-state index is -3.66. The zero-order valence-electron chi connectivity index (χ0n) is 78.3. The second kappa shape index (κ2) is 58.8. The van der Waals surface area contributed by atoms with Crippen LogP contribution in [-0.2, 0) is 56.0 Å². The first kappa shape index (κ1) is 89.3. The maximum Gasteiger partial charge on any atom is 1.00 e. The van der Waals surface area contributed by atoms with E-state index in [1.54, 1.807) is 118 Å². The van der Waals surface area contributed by atoms with Crippen molar-refractivity contribution >= 4 is 129 Å². The normalized spacial score (nSPS) is 14.2. The number of nitrogens with zero attached hydrogens (tertiary/aromatic N) is 12. The van der Waals surface area contributed by atoms with Crippen LogP contribution in [-0.4, -0.2) is 148 Å². The zero-order valence-corrected chi connectivity index (χ0v) is 70.3. The molecule has 4 aromatic carbocycles. The van der Waals surface area contributed by atoms with Crippen LogP contribution in [0.2, 0.25) is 10.0 Å². The Morgan fingerprint density at radius 2 is 1.18 bits per heavy atom. The number of amides is 2. The molecule has 1 radical (unpaired) electrons. The van der Waals surface area contributed by atoms with E-state index in [-0.39, 0.29) is 85.4 Å². The number of aromatic amines is 1. The Morgan fingerprint density at radius 3 is 1.50 bits per heavy atom. The van der Waals surface area contributed by atoms with E-state index in [1.807, 2.05) is 33.8 Å². The summed E-state index contributed by atoms with van der Waals surface area (Å²) in [7, 11) is 2.08. The molecule has 1 aliphatic rings. The number of aryl methyl sites for hydroxylation is 5. The van der Waals surface area contributed by atoms with Crippen LogP contribution < -0.4 is 46.4 Å². The van der Waals surface area contributed by atoms with Gasteiger partial charge in [-0.3, -0.25) is 41.8 Å². The fourth-order valence-corrected chi connectivity index (χ4v) is 9.60. The van der Waals surface area contributed by atoms with Crippen molar-refractivity contribution in [3.63, 3.8) is 0 Å². The minimum Gasteiger partial charge on any atom is -0.343 e. The Kier molecular flexibility index (Phi) is 44.5. The quantitative estimate of drug-likeness (QED) is 0.0155. The van der Waals surface area contributed by atoms with Gasteiger partial charge in [-0.25, -0.2) is 18.7 Å². The first-order valence-electron chi connectivity index (χ1n) is 40.3. The number of nitrogens with one attached hydrogen (secondary N) is 3. The van der Waals surface area contributed by atoms with Gasteiger partial charge >= 0.3 is 61.1 Å². The standard InChI is InChI=1S/C26H28BClFN3O4.C25H23ClFN5O2.C5H7BrN2.C5H8N2.C4H6N2.C4H9.C3H4N2.C2H6O4S.CH3I.5CH4.BHNS.Li/c1-25(2)26(3,4)36-27(35-25)17-12-20(23(30)31-13-17)15-8-9-19(21(29)11-15)24(34)32-22(14-33)16-6-5-7-18(28)10-16;1-14-21(12-30-32(14)2)17-9-20(24(28)29-11-17)15-6-7-19(22(27)10-15)25(34)31-23(13-33)16-4-3-5-18(26)8-16;1-4-5(6)3-7-8(4)2;1-5-3-4-6-7(5)2;1-6-4-2-3-5-6;1-3-4-2;1-2-4-5-3-1;1-5-7(3,4)6-2;1-2;;;;;;1-2-3;/h5-13,22,33H,14H2,1-4H3,(H2,30,31)(H,32,34);3-12,23,33H,13H2,1-2H3,(H2,28,29)(H,31,34);3H,1-2H3;3-4H,1-2H3;2-4H,1H3;1,3-4H2,2H3;1-3H,(H,4,5);1-2H3;1H3;5*1H4;3H;/q;;;;;-1;;;;;;;;;;+1/t22-;23-;;;;;;;;;;;;;;/m11............../s1/i;3*2D3;1D3;;;;1D3;;;;;;;. The van der Waals surface area contributed by atoms with Crippen molar-refractivity contribution in [2.45, 2.75) is 129 Å². The average molecular weight is 1900 g/mol. The number of hydrogen-bond donors (Lipinski definition) is 8. The number of aliphatic hydroxyl groups excluding tert-OH is 2. The number of aliphatic hydroxyl groups is 2. The summed E-state index contributed by atoms with van der Waals surface area (Å²) in [6.45, 7) is 8.91. The van der Waals surface area contributed by atoms with E-state index in [0.29, 0.717) is 81.6 Å². The Labute approximate surface area is 769 Å². The third-order valence-corrected chi connectivity index (χ3v) is 17.8. The third kappa shape index (κ3) is 37.3. The topological polar surface area (TPSA) is 360 Å². The van der Waals surface area contributed by atoms with E-state index in [9.17, 15) is 28.2 Å². The van der Waals surface area contributed by atoms with Crippen molar-refractivity contribution in [1.82, 2.24) is 69.9 Å². The first-order valence-corrected chi connectivity index (χ1v) is 37.2. The number of unbranched alkanes of at least 4 members (excludes halogenated alkanes) is 1. The number of halogens is 6. The van der Waals surface area contributed by atoms with Crippen LogP contribution in [0, 0.1) is 39.3 Å². The molecular weight excluding hydrogens is 1770 g/mol. The minimum absolute atomic E-state index is 0. The molecule has 11 aromatic rings. The van der Waals surface area contributed by atoms with Crippen molar-refractivity contribution in [3.05, 3.63) is 243 Å². The summed E-state index contributed by atoms with van der Waals surface area (Å²) in [4.78, 5) is 32.2. The van der Waals surface area contributed by atoms with Crippen LogP contribution in [0.25, 0.3) is 33.4 Å². The van der Waals surface area contributed by atoms with Gasteiger partial charge in [0.05, 0.1) is 78.7 Å². The fourth-order valence-electron chi connectivity index (χ4n) is 8.81. The molecule has 0 unspecified atom stereocenters. The number of hydrogen-bond acceptors (Lipinski definition) is 21. The van der Waals surface area contributed by atoms with Gasteiger partial charge < -0.3 is 48.5 Å². The Bertz CT molecular complexity index is 5370. The van der Waals surface area contributed by atoms with Crippen LogP contribution in [0.1, 0.15) is 166 Å². The van der Waals surface area contributed by atoms with Crippen LogP contribution in [0.5, 0.6) is 0 Å². The predicted molar refractivity (Wildman–Crippen MR) is 488 cm³/mol. The SMILES string of the molecule is C.C.C.C.C.CC1(C)OB(c2cnc(N)c(-c3ccc(C(=O)N[C@H](CO)c4cccc(Cl)c4)c(F)c3)c2)OC1(C)C.COS(=O)(=O)OC.[2H]C([2H])([2H])I.[2H]C([2H])([2H])n1cccn1.[2H]C([2H])([2H])n1ncc(-c2cnc(N)c(-c3ccc(C(=O)N[C@H](CO)c4cccc(Cl)c4)c(F)c3)c2)c1C.[2H]C([2H])([2H])n1ncc(Br)c1C.[2H]C([2H])([2H])n1nccc1C.[B]=NS.[CH2-]CCC.[Li+].c1cn[nH]c1. The summed E-state index contributed by atoms with van der Waals surface area (Å²) in [5, 5.41) is 46.7. The van der Waals surface area contributed by atoms with Crippen LogP contribution in [0.3, 0.4) is 0 Å². The van der Waals surface area contributed by atoms with Crippen molar-refractivity contribution in [1.29, 1.82) is 0 Å². The fraction of sp³-hybridized carbons (Fsp3) is 0.350. The van der Waals surface area contributed by atoms with Gasteiger partial charge in [0.2, 0.25) is 0 Å². The molecule has 12 rings (SSSR count). The number of pyridine rings is 2. The van der Waals surface area contributed by atoms with Gasteiger partial charge in [-0.05, 0) is 170 Å². The maximum atomic E-state index is 15.1. The molecule has 2 atom stereocenters. The molecule has 0 spiro atoms. The van der Waals surface area contributed by atoms with Crippen molar-refractivity contribution in [2.75, 3.05) is 43.8 Å². The van der Waals surface area contributed by atoms with E-state index in [4.69, 9.17) is 64.5 Å². The van der Waals surface area contributed by atoms with Gasteiger partial charge in [0.15, 0.2) is 0 Å². The first-order chi connectivity index (χ1) is 58.9. The third-order valence-electron chi connectivity index (χ3n) is 15.7. The van der Waals surface area contributed by atoms with Crippen LogP contribution >= 0.6 is 74.5 Å². The number of nitrogen functional groups attached to an aromatic ring is 2. The summed E-state index contributed by atoms with van der Waals surface area (Å²) in [5.41, 5.74) is 17.0. The Morgan fingerprint density at radius 1 is 0.703 bits per heavy atom. The number of aromatic nitrogens is 12. The summed E-state index contributed by atoms with van der Waals surface area (Å²) >= 11 is 19.7. The van der Waals surface area contributed by atoms with Gasteiger partial charge in [0.1, 0.15) is 23.3 Å². The van der Waals surface area contributed by atoms with E-state index in [2.05, 4.69) is 114 Å². The molecule has 1 aliphatic heterocycles.